The molecule has 0 unspecified atom stereocenters. The van der Waals surface area contributed by atoms with Gasteiger partial charge in [0.05, 0.1) is 23.0 Å². The minimum Gasteiger partial charge on any atom is -0.444 e. The Morgan fingerprint density at radius 2 is 1.76 bits per heavy atom. The predicted molar refractivity (Wildman–Crippen MR) is 184 cm³/mol. The minimum absolute atomic E-state index is 0.0277. The minimum atomic E-state index is -0.656. The van der Waals surface area contributed by atoms with Gasteiger partial charge >= 0.3 is 6.09 Å². The molecule has 11 heteroatoms. The van der Waals surface area contributed by atoms with E-state index in [1.807, 2.05) is 53.0 Å². The number of rotatable bonds is 7. The van der Waals surface area contributed by atoms with Gasteiger partial charge in [0.2, 0.25) is 5.91 Å². The summed E-state index contributed by atoms with van der Waals surface area (Å²) in [5, 5.41) is 0.712. The number of amides is 3. The van der Waals surface area contributed by atoms with Gasteiger partial charge in [0.15, 0.2) is 5.78 Å². The summed E-state index contributed by atoms with van der Waals surface area (Å²) in [6, 6.07) is 5.34. The van der Waals surface area contributed by atoms with Gasteiger partial charge in [-0.05, 0) is 111 Å². The Balaban J connectivity index is 1.25. The summed E-state index contributed by atoms with van der Waals surface area (Å²) in [5.41, 5.74) is 1.62. The summed E-state index contributed by atoms with van der Waals surface area (Å²) in [7, 11) is 0. The highest BCUT2D eigenvalue weighted by Crippen LogP contribution is 2.52. The van der Waals surface area contributed by atoms with Crippen molar-refractivity contribution >= 4 is 34.6 Å². The fourth-order valence-corrected chi connectivity index (χ4v) is 7.92. The van der Waals surface area contributed by atoms with Crippen molar-refractivity contribution in [3.63, 3.8) is 0 Å². The van der Waals surface area contributed by atoms with E-state index in [2.05, 4.69) is 4.98 Å². The molecule has 2 aliphatic heterocycles. The van der Waals surface area contributed by atoms with Crippen LogP contribution in [-0.4, -0.2) is 90.8 Å². The van der Waals surface area contributed by atoms with Crippen molar-refractivity contribution in [2.45, 2.75) is 110 Å². The molecule has 262 valence electrons. The summed E-state index contributed by atoms with van der Waals surface area (Å²) < 4.78 is 22.2. The lowest BCUT2D eigenvalue weighted by atomic mass is 9.87. The second-order valence-electron chi connectivity index (χ2n) is 15.1. The van der Waals surface area contributed by atoms with Crippen molar-refractivity contribution < 1.29 is 28.3 Å². The third-order valence-electron chi connectivity index (χ3n) is 10.5. The summed E-state index contributed by atoms with van der Waals surface area (Å²) >= 11 is 0. The number of hydrogen-bond donors (Lipinski definition) is 0. The van der Waals surface area contributed by atoms with Gasteiger partial charge in [-0.3, -0.25) is 24.3 Å². The number of benzene rings is 1. The maximum atomic E-state index is 14.6. The number of fused-ring (bicyclic) bond motifs is 1. The number of hydrogen-bond acceptors (Lipinski definition) is 6. The zero-order chi connectivity index (χ0) is 35.4. The Morgan fingerprint density at radius 3 is 2.37 bits per heavy atom. The molecule has 1 spiro atoms. The molecule has 10 nitrogen and oxygen atoms in total. The molecule has 49 heavy (non-hydrogen) atoms. The van der Waals surface area contributed by atoms with E-state index in [9.17, 15) is 23.6 Å². The van der Waals surface area contributed by atoms with Gasteiger partial charge in [-0.15, -0.1) is 0 Å². The van der Waals surface area contributed by atoms with Crippen LogP contribution in [0.25, 0.3) is 16.6 Å². The lowest BCUT2D eigenvalue weighted by molar-refractivity contribution is -0.137. The van der Waals surface area contributed by atoms with Crippen LogP contribution in [0.1, 0.15) is 106 Å². The monoisotopic (exact) mass is 673 g/mol. The SMILES string of the molecule is CCN(C(=O)c1cc(F)ccc1-n1c(C)c(C(=O)C2CCN(C(=O)[C@@H]3CCC4(CC4)N3C(=O)OC(C)(C)C)CC2)c2ccncc21)C(C)C. The Kier molecular flexibility index (Phi) is 9.09. The number of aromatic nitrogens is 2. The topological polar surface area (TPSA) is 105 Å². The molecule has 0 N–H and O–H groups in total. The largest absolute Gasteiger partial charge is 0.444 e. The smallest absolute Gasteiger partial charge is 0.411 e. The average Bonchev–Trinajstić information content (AvgIpc) is 3.63. The van der Waals surface area contributed by atoms with Gasteiger partial charge in [-0.25, -0.2) is 9.18 Å². The molecule has 1 atom stereocenters. The van der Waals surface area contributed by atoms with Crippen LogP contribution < -0.4 is 0 Å². The van der Waals surface area contributed by atoms with Crippen LogP contribution in [0.3, 0.4) is 0 Å². The van der Waals surface area contributed by atoms with E-state index < -0.39 is 23.6 Å². The van der Waals surface area contributed by atoms with Crippen molar-refractivity contribution in [3.8, 4) is 5.69 Å². The molecule has 1 saturated carbocycles. The van der Waals surface area contributed by atoms with Crippen molar-refractivity contribution in [2.75, 3.05) is 19.6 Å². The van der Waals surface area contributed by atoms with Crippen molar-refractivity contribution in [2.24, 2.45) is 5.92 Å². The molecule has 0 bridgehead atoms. The van der Waals surface area contributed by atoms with E-state index in [1.54, 1.807) is 39.2 Å². The van der Waals surface area contributed by atoms with Gasteiger partial charge in [0.1, 0.15) is 17.5 Å². The van der Waals surface area contributed by atoms with Crippen molar-refractivity contribution in [3.05, 3.63) is 59.3 Å². The number of Topliss-reactive ketones (excluding diaryl/α,β-unsaturated/α-hetero) is 1. The summed E-state index contributed by atoms with van der Waals surface area (Å²) in [4.78, 5) is 64.8. The molecule has 1 aliphatic carbocycles. The molecule has 6 rings (SSSR count). The number of nitrogens with zero attached hydrogens (tertiary/aromatic N) is 5. The third kappa shape index (κ3) is 6.32. The van der Waals surface area contributed by atoms with E-state index in [0.717, 1.165) is 19.3 Å². The van der Waals surface area contributed by atoms with Gasteiger partial charge in [0.25, 0.3) is 5.91 Å². The molecule has 3 fully saturated rings. The van der Waals surface area contributed by atoms with Crippen LogP contribution >= 0.6 is 0 Å². The first-order valence-corrected chi connectivity index (χ1v) is 17.6. The van der Waals surface area contributed by atoms with Gasteiger partial charge in [-0.1, -0.05) is 0 Å². The molecule has 1 aromatic carbocycles. The zero-order valence-electron chi connectivity index (χ0n) is 29.7. The number of likely N-dealkylation sites (tertiary alicyclic amines) is 2. The zero-order valence-corrected chi connectivity index (χ0v) is 29.7. The first kappa shape index (κ1) is 34.6. The molecule has 3 amide bonds. The number of halogens is 1. The quantitative estimate of drug-likeness (QED) is 0.259. The molecule has 2 saturated heterocycles. The maximum Gasteiger partial charge on any atom is 0.411 e. The normalized spacial score (nSPS) is 19.2. The highest BCUT2D eigenvalue weighted by molar-refractivity contribution is 6.11. The van der Waals surface area contributed by atoms with E-state index in [1.165, 1.54) is 12.1 Å². The first-order chi connectivity index (χ1) is 23.2. The van der Waals surface area contributed by atoms with Crippen LogP contribution in [-0.2, 0) is 9.53 Å². The number of pyridine rings is 1. The van der Waals surface area contributed by atoms with Crippen molar-refractivity contribution in [1.82, 2.24) is 24.3 Å². The number of ether oxygens (including phenoxy) is 1. The van der Waals surface area contributed by atoms with Crippen molar-refractivity contribution in [1.29, 1.82) is 0 Å². The van der Waals surface area contributed by atoms with E-state index in [0.29, 0.717) is 66.7 Å². The lowest BCUT2D eigenvalue weighted by Gasteiger charge is -2.37. The molecule has 0 radical (unpaired) electrons. The Bertz CT molecular complexity index is 1800. The van der Waals surface area contributed by atoms with E-state index >= 15 is 0 Å². The van der Waals surface area contributed by atoms with Crippen LogP contribution in [0, 0.1) is 18.7 Å². The molecule has 3 aliphatic rings. The Morgan fingerprint density at radius 1 is 1.06 bits per heavy atom. The summed E-state index contributed by atoms with van der Waals surface area (Å²) in [5.74, 6) is -1.23. The number of piperidine rings is 1. The standard InChI is InChI=1S/C38H48FN5O5/c1-8-42(23(2)3)34(46)28-21-26(39)9-10-29(28)43-24(4)32(27-12-18-40-22-31(27)43)33(45)25-13-19-41(20-14-25)35(47)30-11-15-38(16-17-38)44(30)36(48)49-37(5,6)7/h9-10,12,18,21-23,25,30H,8,11,13-17,19-20H2,1-7H3/t30-/m0/s1. The molecular weight excluding hydrogens is 625 g/mol. The number of carbonyl (C=O) groups excluding carboxylic acids is 4. The van der Waals surface area contributed by atoms with E-state index in [4.69, 9.17) is 4.74 Å². The summed E-state index contributed by atoms with van der Waals surface area (Å²) in [6.07, 6.45) is 7.05. The lowest BCUT2D eigenvalue weighted by Crippen LogP contribution is -2.53. The average molecular weight is 674 g/mol. The van der Waals surface area contributed by atoms with E-state index in [-0.39, 0.29) is 40.7 Å². The summed E-state index contributed by atoms with van der Waals surface area (Å²) in [6.45, 7) is 14.4. The Hall–Kier alpha value is -4.28. The highest BCUT2D eigenvalue weighted by Gasteiger charge is 2.60. The van der Waals surface area contributed by atoms with Gasteiger partial charge < -0.3 is 19.1 Å². The fraction of sp³-hybridized carbons (Fsp3) is 0.553. The second kappa shape index (κ2) is 12.9. The predicted octanol–water partition coefficient (Wildman–Crippen LogP) is 6.70. The molecule has 4 heterocycles. The van der Waals surface area contributed by atoms with Crippen LogP contribution in [0.15, 0.2) is 36.7 Å². The van der Waals surface area contributed by atoms with Gasteiger partial charge in [0, 0.05) is 60.0 Å². The maximum absolute atomic E-state index is 14.6. The molecule has 3 aromatic rings. The molecular formula is C38H48FN5O5. The third-order valence-corrected chi connectivity index (χ3v) is 10.5. The van der Waals surface area contributed by atoms with Crippen LogP contribution in [0.4, 0.5) is 9.18 Å². The van der Waals surface area contributed by atoms with Crippen LogP contribution in [0.5, 0.6) is 0 Å². The number of ketones is 1. The van der Waals surface area contributed by atoms with Gasteiger partial charge in [-0.2, -0.15) is 0 Å². The highest BCUT2D eigenvalue weighted by atomic mass is 19.1. The second-order valence-corrected chi connectivity index (χ2v) is 15.1. The van der Waals surface area contributed by atoms with Crippen LogP contribution in [0.2, 0.25) is 0 Å². The number of carbonyl (C=O) groups is 4. The first-order valence-electron chi connectivity index (χ1n) is 17.6. The Labute approximate surface area is 287 Å². The fourth-order valence-electron chi connectivity index (χ4n) is 7.92. The molecule has 2 aromatic heterocycles.